The van der Waals surface area contributed by atoms with Gasteiger partial charge in [0.1, 0.15) is 0 Å². The fraction of sp³-hybridized carbons (Fsp3) is 0.333. The van der Waals surface area contributed by atoms with Crippen molar-refractivity contribution in [3.8, 4) is 0 Å². The number of benzene rings is 1. The number of urea groups is 1. The Morgan fingerprint density at radius 3 is 2.53 bits per heavy atom. The van der Waals surface area contributed by atoms with E-state index in [0.717, 1.165) is 18.5 Å². The second-order valence-electron chi connectivity index (χ2n) is 4.18. The average Bonchev–Trinajstić information content (AvgIpc) is 3.11. The average molecular weight is 249 g/mol. The first kappa shape index (κ1) is 11.9. The van der Waals surface area contributed by atoms with E-state index < -0.39 is 0 Å². The van der Waals surface area contributed by atoms with E-state index in [2.05, 4.69) is 10.6 Å². The van der Waals surface area contributed by atoms with Crippen LogP contribution in [0, 0.1) is 5.92 Å². The lowest BCUT2D eigenvalue weighted by molar-refractivity contribution is 0.250. The Labute approximate surface area is 106 Å². The molecule has 0 heterocycles. The molecule has 1 saturated carbocycles. The number of hydrogen-bond donors (Lipinski definition) is 3. The van der Waals surface area contributed by atoms with Gasteiger partial charge in [-0.2, -0.15) is 0 Å². The number of nitrogens with two attached hydrogens (primary N) is 1. The number of carbonyl (C=O) groups excluding carboxylic acids is 1. The zero-order chi connectivity index (χ0) is 12.3. The molecule has 5 heteroatoms. The molecule has 1 atom stereocenters. The molecule has 1 aromatic carbocycles. The highest BCUT2D eigenvalue weighted by atomic mass is 32.1. The van der Waals surface area contributed by atoms with E-state index in [1.165, 1.54) is 0 Å². The standard InChI is InChI=1S/C12H15N3OS/c13-11(17)10(8-6-7-8)15-12(16)14-9-4-2-1-3-5-9/h1-5,8,10H,6-7H2,(H2,13,17)(H2,14,15,16). The Morgan fingerprint density at radius 1 is 1.35 bits per heavy atom. The summed E-state index contributed by atoms with van der Waals surface area (Å²) in [6.45, 7) is 0. The lowest BCUT2D eigenvalue weighted by atomic mass is 10.2. The van der Waals surface area contributed by atoms with Crippen molar-refractivity contribution in [2.75, 3.05) is 5.32 Å². The zero-order valence-electron chi connectivity index (χ0n) is 9.35. The Hall–Kier alpha value is -1.62. The smallest absolute Gasteiger partial charge is 0.319 e. The molecule has 17 heavy (non-hydrogen) atoms. The Bertz CT molecular complexity index is 417. The van der Waals surface area contributed by atoms with Gasteiger partial charge in [0.25, 0.3) is 0 Å². The molecule has 1 aromatic rings. The molecule has 0 aromatic heterocycles. The van der Waals surface area contributed by atoms with Crippen LogP contribution in [0.15, 0.2) is 30.3 Å². The predicted octanol–water partition coefficient (Wildman–Crippen LogP) is 1.87. The summed E-state index contributed by atoms with van der Waals surface area (Å²) >= 11 is 4.95. The summed E-state index contributed by atoms with van der Waals surface area (Å²) < 4.78 is 0. The summed E-state index contributed by atoms with van der Waals surface area (Å²) in [4.78, 5) is 12.1. The summed E-state index contributed by atoms with van der Waals surface area (Å²) in [6.07, 6.45) is 2.15. The number of para-hydroxylation sites is 1. The molecule has 0 spiro atoms. The minimum atomic E-state index is -0.263. The van der Waals surface area contributed by atoms with E-state index in [-0.39, 0.29) is 12.1 Å². The highest BCUT2D eigenvalue weighted by Gasteiger charge is 2.34. The summed E-state index contributed by atoms with van der Waals surface area (Å²) in [6, 6.07) is 8.82. The van der Waals surface area contributed by atoms with Crippen LogP contribution >= 0.6 is 12.2 Å². The molecule has 1 aliphatic carbocycles. The van der Waals surface area contributed by atoms with Crippen molar-refractivity contribution in [3.63, 3.8) is 0 Å². The third-order valence-corrected chi connectivity index (χ3v) is 2.97. The van der Waals surface area contributed by atoms with Gasteiger partial charge in [0, 0.05) is 5.69 Å². The van der Waals surface area contributed by atoms with Gasteiger partial charge in [0.15, 0.2) is 0 Å². The van der Waals surface area contributed by atoms with Gasteiger partial charge in [-0.15, -0.1) is 0 Å². The van der Waals surface area contributed by atoms with Gasteiger partial charge in [-0.25, -0.2) is 4.79 Å². The predicted molar refractivity (Wildman–Crippen MR) is 71.9 cm³/mol. The molecule has 1 unspecified atom stereocenters. The summed E-state index contributed by atoms with van der Waals surface area (Å²) in [5.74, 6) is 0.411. The van der Waals surface area contributed by atoms with Gasteiger partial charge in [-0.1, -0.05) is 30.4 Å². The van der Waals surface area contributed by atoms with Crippen molar-refractivity contribution in [1.82, 2.24) is 5.32 Å². The van der Waals surface area contributed by atoms with Crippen molar-refractivity contribution in [2.24, 2.45) is 11.7 Å². The van der Waals surface area contributed by atoms with Crippen LogP contribution in [-0.4, -0.2) is 17.1 Å². The van der Waals surface area contributed by atoms with Crippen LogP contribution in [0.2, 0.25) is 0 Å². The van der Waals surface area contributed by atoms with E-state index in [4.69, 9.17) is 18.0 Å². The molecule has 1 fully saturated rings. The van der Waals surface area contributed by atoms with E-state index in [9.17, 15) is 4.79 Å². The molecule has 0 radical (unpaired) electrons. The molecule has 4 nitrogen and oxygen atoms in total. The molecule has 90 valence electrons. The molecule has 1 aliphatic rings. The van der Waals surface area contributed by atoms with Gasteiger partial charge in [0.05, 0.1) is 11.0 Å². The van der Waals surface area contributed by atoms with E-state index >= 15 is 0 Å². The molecular weight excluding hydrogens is 234 g/mol. The number of carbonyl (C=O) groups is 1. The lowest BCUT2D eigenvalue weighted by Crippen LogP contribution is -2.46. The number of thiocarbonyl (C=S) groups is 1. The minimum absolute atomic E-state index is 0.186. The van der Waals surface area contributed by atoms with Crippen molar-refractivity contribution in [3.05, 3.63) is 30.3 Å². The molecule has 0 aliphatic heterocycles. The SMILES string of the molecule is NC(=S)C(NC(=O)Nc1ccccc1)C1CC1. The molecule has 0 saturated heterocycles. The maximum atomic E-state index is 11.7. The Balaban J connectivity index is 1.90. The van der Waals surface area contributed by atoms with Crippen molar-refractivity contribution < 1.29 is 4.79 Å². The van der Waals surface area contributed by atoms with Gasteiger partial charge in [0.2, 0.25) is 0 Å². The van der Waals surface area contributed by atoms with Crippen molar-refractivity contribution in [2.45, 2.75) is 18.9 Å². The van der Waals surface area contributed by atoms with Crippen LogP contribution < -0.4 is 16.4 Å². The molecular formula is C12H15N3OS. The zero-order valence-corrected chi connectivity index (χ0v) is 10.2. The monoisotopic (exact) mass is 249 g/mol. The second kappa shape index (κ2) is 5.14. The number of amides is 2. The molecule has 2 amide bonds. The highest BCUT2D eigenvalue weighted by molar-refractivity contribution is 7.80. The van der Waals surface area contributed by atoms with Crippen LogP contribution in [0.4, 0.5) is 10.5 Å². The maximum Gasteiger partial charge on any atom is 0.319 e. The van der Waals surface area contributed by atoms with Gasteiger partial charge >= 0.3 is 6.03 Å². The first-order chi connectivity index (χ1) is 8.16. The maximum absolute atomic E-state index is 11.7. The topological polar surface area (TPSA) is 67.1 Å². The van der Waals surface area contributed by atoms with Crippen LogP contribution in [0.5, 0.6) is 0 Å². The van der Waals surface area contributed by atoms with Gasteiger partial charge < -0.3 is 16.4 Å². The van der Waals surface area contributed by atoms with Crippen molar-refractivity contribution in [1.29, 1.82) is 0 Å². The third-order valence-electron chi connectivity index (χ3n) is 2.72. The third kappa shape index (κ3) is 3.42. The summed E-state index contributed by atoms with van der Waals surface area (Å²) in [5, 5.41) is 5.56. The largest absolute Gasteiger partial charge is 0.392 e. The molecule has 2 rings (SSSR count). The first-order valence-electron chi connectivity index (χ1n) is 5.58. The lowest BCUT2D eigenvalue weighted by Gasteiger charge is -2.17. The molecule has 4 N–H and O–H groups in total. The number of nitrogens with one attached hydrogen (secondary N) is 2. The molecule has 0 bridgehead atoms. The van der Waals surface area contributed by atoms with Crippen LogP contribution in [-0.2, 0) is 0 Å². The van der Waals surface area contributed by atoms with Crippen LogP contribution in [0.3, 0.4) is 0 Å². The fourth-order valence-electron chi connectivity index (χ4n) is 1.68. The first-order valence-corrected chi connectivity index (χ1v) is 5.99. The van der Waals surface area contributed by atoms with E-state index in [1.807, 2.05) is 30.3 Å². The van der Waals surface area contributed by atoms with E-state index in [0.29, 0.717) is 10.9 Å². The number of anilines is 1. The number of hydrogen-bond acceptors (Lipinski definition) is 2. The van der Waals surface area contributed by atoms with E-state index in [1.54, 1.807) is 0 Å². The normalized spacial score (nSPS) is 16.0. The summed E-state index contributed by atoms with van der Waals surface area (Å²) in [5.41, 5.74) is 6.36. The van der Waals surface area contributed by atoms with Crippen LogP contribution in [0.1, 0.15) is 12.8 Å². The Kier molecular flexibility index (Phi) is 3.58. The van der Waals surface area contributed by atoms with Crippen molar-refractivity contribution >= 4 is 28.9 Å². The highest BCUT2D eigenvalue weighted by Crippen LogP contribution is 2.32. The Morgan fingerprint density at radius 2 is 2.00 bits per heavy atom. The number of rotatable bonds is 4. The van der Waals surface area contributed by atoms with Gasteiger partial charge in [-0.3, -0.25) is 0 Å². The van der Waals surface area contributed by atoms with Gasteiger partial charge in [-0.05, 0) is 30.9 Å². The summed E-state index contributed by atoms with van der Waals surface area (Å²) in [7, 11) is 0. The second-order valence-corrected chi connectivity index (χ2v) is 4.65. The quantitative estimate of drug-likeness (QED) is 0.714. The fourth-order valence-corrected chi connectivity index (χ4v) is 1.93. The minimum Gasteiger partial charge on any atom is -0.392 e. The van der Waals surface area contributed by atoms with Crippen LogP contribution in [0.25, 0.3) is 0 Å².